The van der Waals surface area contributed by atoms with Crippen molar-refractivity contribution in [3.8, 4) is 5.75 Å². The minimum Gasteiger partial charge on any atom is -0.404 e. The molecule has 0 atom stereocenters. The molecule has 0 aliphatic rings. The highest BCUT2D eigenvalue weighted by Crippen LogP contribution is 2.34. The molecule has 104 valence electrons. The van der Waals surface area contributed by atoms with Gasteiger partial charge in [-0.15, -0.1) is 0 Å². The number of nitro groups is 1. The molecular weight excluding hydrogens is 262 g/mol. The molecule has 2 N–H and O–H groups in total. The number of nitro benzene ring substituents is 1. The van der Waals surface area contributed by atoms with Crippen LogP contribution in [0.2, 0.25) is 0 Å². The van der Waals surface area contributed by atoms with Crippen molar-refractivity contribution in [2.75, 3.05) is 0 Å². The lowest BCUT2D eigenvalue weighted by Crippen LogP contribution is -2.18. The van der Waals surface area contributed by atoms with Crippen molar-refractivity contribution in [2.45, 2.75) is 26.2 Å². The largest absolute Gasteiger partial charge is 0.410 e. The predicted octanol–water partition coefficient (Wildman–Crippen LogP) is 2.67. The van der Waals surface area contributed by atoms with Gasteiger partial charge in [0.05, 0.1) is 4.92 Å². The average molecular weight is 274 g/mol. The number of amides is 1. The van der Waals surface area contributed by atoms with Gasteiger partial charge < -0.3 is 10.5 Å². The molecule has 0 heterocycles. The Balaban J connectivity index is 3.36. The zero-order valence-corrected chi connectivity index (χ0v) is 10.1. The van der Waals surface area contributed by atoms with Gasteiger partial charge in [0.25, 0.3) is 0 Å². The number of hydrogen-bond donors (Lipinski definition) is 1. The summed E-state index contributed by atoms with van der Waals surface area (Å²) in [7, 11) is 0. The van der Waals surface area contributed by atoms with E-state index in [9.17, 15) is 23.7 Å². The number of nitrogens with zero attached hydrogens (tertiary/aromatic N) is 1. The third-order valence-electron chi connectivity index (χ3n) is 2.41. The highest BCUT2D eigenvalue weighted by Gasteiger charge is 2.28. The lowest BCUT2D eigenvalue weighted by atomic mass is 10.1. The molecule has 0 saturated carbocycles. The van der Waals surface area contributed by atoms with E-state index in [4.69, 9.17) is 0 Å². The Hall–Kier alpha value is -2.25. The van der Waals surface area contributed by atoms with E-state index in [1.165, 1.54) is 0 Å². The van der Waals surface area contributed by atoms with E-state index in [0.29, 0.717) is 12.8 Å². The number of carbonyl (C=O) groups is 1. The lowest BCUT2D eigenvalue weighted by Gasteiger charge is -2.08. The van der Waals surface area contributed by atoms with Gasteiger partial charge in [-0.3, -0.25) is 10.1 Å². The van der Waals surface area contributed by atoms with Crippen molar-refractivity contribution in [3.05, 3.63) is 33.4 Å². The van der Waals surface area contributed by atoms with Crippen molar-refractivity contribution in [2.24, 2.45) is 5.73 Å². The first kappa shape index (κ1) is 14.8. The summed E-state index contributed by atoms with van der Waals surface area (Å²) in [6.07, 6.45) is -0.0545. The molecule has 0 spiro atoms. The molecule has 1 rings (SSSR count). The first-order valence-electron chi connectivity index (χ1n) is 5.51. The van der Waals surface area contributed by atoms with Crippen LogP contribution in [-0.4, -0.2) is 11.0 Å². The van der Waals surface area contributed by atoms with Crippen LogP contribution in [0.4, 0.5) is 19.3 Å². The van der Waals surface area contributed by atoms with Gasteiger partial charge in [0, 0.05) is 5.56 Å². The van der Waals surface area contributed by atoms with Gasteiger partial charge in [-0.2, -0.15) is 4.39 Å². The Kier molecular flexibility index (Phi) is 4.74. The molecule has 1 aromatic rings. The number of nitrogens with two attached hydrogens (primary N) is 1. The van der Waals surface area contributed by atoms with Crippen LogP contribution in [0.5, 0.6) is 5.75 Å². The maximum atomic E-state index is 13.8. The summed E-state index contributed by atoms with van der Waals surface area (Å²) in [5.74, 6) is -3.89. The van der Waals surface area contributed by atoms with Crippen LogP contribution < -0.4 is 10.5 Å². The molecule has 0 aliphatic heterocycles. The lowest BCUT2D eigenvalue weighted by molar-refractivity contribution is -0.388. The maximum Gasteiger partial charge on any atom is 0.410 e. The van der Waals surface area contributed by atoms with Crippen molar-refractivity contribution < 1.29 is 23.2 Å². The summed E-state index contributed by atoms with van der Waals surface area (Å²) in [6.45, 7) is 1.84. The van der Waals surface area contributed by atoms with E-state index in [-0.39, 0.29) is 12.0 Å². The van der Waals surface area contributed by atoms with Gasteiger partial charge in [-0.25, -0.2) is 9.18 Å². The topological polar surface area (TPSA) is 95.5 Å². The maximum absolute atomic E-state index is 13.8. The molecule has 6 nitrogen and oxygen atoms in total. The number of unbranched alkanes of at least 4 members (excludes halogenated alkanes) is 1. The van der Waals surface area contributed by atoms with E-state index in [2.05, 4.69) is 10.5 Å². The van der Waals surface area contributed by atoms with Crippen LogP contribution >= 0.6 is 0 Å². The fourth-order valence-electron chi connectivity index (χ4n) is 1.59. The second-order valence-electron chi connectivity index (χ2n) is 3.79. The number of rotatable bonds is 5. The molecular formula is C11H12F2N2O4. The van der Waals surface area contributed by atoms with Gasteiger partial charge in [-0.1, -0.05) is 13.3 Å². The zero-order valence-electron chi connectivity index (χ0n) is 10.1. The number of primary amides is 1. The zero-order chi connectivity index (χ0) is 14.6. The van der Waals surface area contributed by atoms with Gasteiger partial charge >= 0.3 is 11.8 Å². The Morgan fingerprint density at radius 2 is 2.16 bits per heavy atom. The van der Waals surface area contributed by atoms with E-state index >= 15 is 0 Å². The number of aryl methyl sites for hydroxylation is 1. The Bertz CT molecular complexity index is 520. The van der Waals surface area contributed by atoms with Gasteiger partial charge in [0.1, 0.15) is 0 Å². The Morgan fingerprint density at radius 1 is 1.53 bits per heavy atom. The second kappa shape index (κ2) is 6.07. The smallest absolute Gasteiger partial charge is 0.404 e. The summed E-state index contributed by atoms with van der Waals surface area (Å²) in [4.78, 5) is 20.4. The van der Waals surface area contributed by atoms with Crippen LogP contribution in [0.1, 0.15) is 25.3 Å². The summed E-state index contributed by atoms with van der Waals surface area (Å²) < 4.78 is 31.5. The van der Waals surface area contributed by atoms with Crippen LogP contribution in [0.15, 0.2) is 6.07 Å². The normalized spacial score (nSPS) is 10.3. The SMILES string of the molecule is CCCCc1cc(F)c(OC(N)=O)c(F)c1[N+](=O)[O-]. The standard InChI is InChI=1S/C11H12F2N2O4/c1-2-3-4-6-5-7(12)10(19-11(14)16)8(13)9(6)15(17)18/h5H,2-4H2,1H3,(H2,14,16). The molecule has 0 radical (unpaired) electrons. The van der Waals surface area contributed by atoms with Gasteiger partial charge in [-0.05, 0) is 18.9 Å². The quantitative estimate of drug-likeness (QED) is 0.659. The average Bonchev–Trinajstić information content (AvgIpc) is 2.30. The van der Waals surface area contributed by atoms with Crippen molar-refractivity contribution in [1.82, 2.24) is 0 Å². The molecule has 19 heavy (non-hydrogen) atoms. The molecule has 0 unspecified atom stereocenters. The second-order valence-corrected chi connectivity index (χ2v) is 3.79. The number of benzene rings is 1. The molecule has 0 bridgehead atoms. The van der Waals surface area contributed by atoms with Gasteiger partial charge in [0.2, 0.25) is 11.6 Å². The van der Waals surface area contributed by atoms with Gasteiger partial charge in [0.15, 0.2) is 5.82 Å². The minimum absolute atomic E-state index is 0.0846. The number of halogens is 2. The fourth-order valence-corrected chi connectivity index (χ4v) is 1.59. The third kappa shape index (κ3) is 3.36. The summed E-state index contributed by atoms with van der Waals surface area (Å²) in [5.41, 5.74) is 3.66. The van der Waals surface area contributed by atoms with Crippen molar-refractivity contribution in [1.29, 1.82) is 0 Å². The first-order valence-corrected chi connectivity index (χ1v) is 5.51. The highest BCUT2D eigenvalue weighted by atomic mass is 19.1. The Morgan fingerprint density at radius 3 is 2.63 bits per heavy atom. The molecule has 0 saturated heterocycles. The van der Waals surface area contributed by atoms with E-state index in [0.717, 1.165) is 6.07 Å². The fraction of sp³-hybridized carbons (Fsp3) is 0.364. The monoisotopic (exact) mass is 274 g/mol. The summed E-state index contributed by atoms with van der Waals surface area (Å²) in [5, 5.41) is 10.8. The molecule has 8 heteroatoms. The molecule has 1 amide bonds. The Labute approximate surface area is 107 Å². The number of ether oxygens (including phenoxy) is 1. The molecule has 1 aromatic carbocycles. The molecule has 0 fully saturated rings. The molecule has 0 aliphatic carbocycles. The predicted molar refractivity (Wildman–Crippen MR) is 61.8 cm³/mol. The number of carbonyl (C=O) groups excluding carboxylic acids is 1. The van der Waals surface area contributed by atoms with E-state index in [1.807, 2.05) is 6.92 Å². The first-order chi connectivity index (χ1) is 8.88. The van der Waals surface area contributed by atoms with Crippen LogP contribution in [0.25, 0.3) is 0 Å². The minimum atomic E-state index is -1.53. The van der Waals surface area contributed by atoms with Crippen LogP contribution in [0, 0.1) is 21.7 Å². The highest BCUT2D eigenvalue weighted by molar-refractivity contribution is 5.69. The summed E-state index contributed by atoms with van der Waals surface area (Å²) in [6, 6.07) is 0.787. The van der Waals surface area contributed by atoms with Crippen molar-refractivity contribution >= 4 is 11.8 Å². The van der Waals surface area contributed by atoms with Crippen LogP contribution in [0.3, 0.4) is 0 Å². The molecule has 0 aromatic heterocycles. The van der Waals surface area contributed by atoms with Crippen molar-refractivity contribution in [3.63, 3.8) is 0 Å². The number of hydrogen-bond acceptors (Lipinski definition) is 4. The van der Waals surface area contributed by atoms with E-state index in [1.54, 1.807) is 0 Å². The van der Waals surface area contributed by atoms with E-state index < -0.39 is 34.1 Å². The third-order valence-corrected chi connectivity index (χ3v) is 2.41. The van der Waals surface area contributed by atoms with Crippen LogP contribution in [-0.2, 0) is 6.42 Å². The summed E-state index contributed by atoms with van der Waals surface area (Å²) >= 11 is 0.